The molecule has 1 aromatic rings. The normalized spacial score (nSPS) is 13.3. The van der Waals surface area contributed by atoms with E-state index in [0.29, 0.717) is 5.92 Å². The van der Waals surface area contributed by atoms with Crippen molar-refractivity contribution >= 4 is 0 Å². The topological polar surface area (TPSA) is 0 Å². The number of allylic oxidation sites excluding steroid dienone is 2. The van der Waals surface area contributed by atoms with Gasteiger partial charge in [0.15, 0.2) is 0 Å². The van der Waals surface area contributed by atoms with E-state index in [2.05, 4.69) is 58.0 Å². The van der Waals surface area contributed by atoms with Crippen molar-refractivity contribution in [3.05, 3.63) is 47.0 Å². The molecule has 0 saturated heterocycles. The number of rotatable bonds is 4. The molecular weight excluding hydrogens is 180 g/mol. The van der Waals surface area contributed by atoms with E-state index in [0.717, 1.165) is 6.42 Å². The summed E-state index contributed by atoms with van der Waals surface area (Å²) in [5.41, 5.74) is 4.31. The highest BCUT2D eigenvalue weighted by molar-refractivity contribution is 5.33. The summed E-state index contributed by atoms with van der Waals surface area (Å²) < 4.78 is 0. The Morgan fingerprint density at radius 1 is 1.27 bits per heavy atom. The van der Waals surface area contributed by atoms with Gasteiger partial charge in [0.1, 0.15) is 0 Å². The smallest absolute Gasteiger partial charge is 0.0127 e. The Balaban J connectivity index is 2.91. The minimum Gasteiger partial charge on any atom is -0.0916 e. The van der Waals surface area contributed by atoms with Crippen LogP contribution in [0.5, 0.6) is 0 Å². The van der Waals surface area contributed by atoms with Crippen LogP contribution in [0.15, 0.2) is 30.4 Å². The fourth-order valence-corrected chi connectivity index (χ4v) is 2.10. The lowest BCUT2D eigenvalue weighted by Gasteiger charge is -2.16. The van der Waals surface area contributed by atoms with Crippen molar-refractivity contribution in [2.24, 2.45) is 0 Å². The first-order chi connectivity index (χ1) is 7.19. The van der Waals surface area contributed by atoms with Crippen molar-refractivity contribution in [1.29, 1.82) is 0 Å². The maximum Gasteiger partial charge on any atom is -0.0127 e. The lowest BCUT2D eigenvalue weighted by Crippen LogP contribution is -1.99. The highest BCUT2D eigenvalue weighted by Gasteiger charge is 2.09. The van der Waals surface area contributed by atoms with E-state index < -0.39 is 0 Å². The minimum absolute atomic E-state index is 0.682. The molecule has 82 valence electrons. The minimum atomic E-state index is 0.682. The third kappa shape index (κ3) is 3.23. The van der Waals surface area contributed by atoms with Crippen LogP contribution < -0.4 is 0 Å². The van der Waals surface area contributed by atoms with Crippen LogP contribution in [0.25, 0.3) is 0 Å². The summed E-state index contributed by atoms with van der Waals surface area (Å²) >= 11 is 0. The van der Waals surface area contributed by atoms with Crippen molar-refractivity contribution in [1.82, 2.24) is 0 Å². The second kappa shape index (κ2) is 5.75. The fourth-order valence-electron chi connectivity index (χ4n) is 2.10. The van der Waals surface area contributed by atoms with Crippen molar-refractivity contribution in [3.63, 3.8) is 0 Å². The van der Waals surface area contributed by atoms with E-state index in [-0.39, 0.29) is 0 Å². The van der Waals surface area contributed by atoms with Gasteiger partial charge in [-0.2, -0.15) is 0 Å². The van der Waals surface area contributed by atoms with E-state index in [1.165, 1.54) is 23.1 Å². The molecular formula is C15H22. The summed E-state index contributed by atoms with van der Waals surface area (Å²) in [7, 11) is 0. The third-order valence-electron chi connectivity index (χ3n) is 3.01. The van der Waals surface area contributed by atoms with Gasteiger partial charge in [-0.25, -0.2) is 0 Å². The molecule has 0 bridgehead atoms. The molecule has 0 fully saturated rings. The van der Waals surface area contributed by atoms with E-state index >= 15 is 0 Å². The van der Waals surface area contributed by atoms with Crippen molar-refractivity contribution in [2.75, 3.05) is 0 Å². The van der Waals surface area contributed by atoms with Crippen LogP contribution in [-0.2, 0) is 0 Å². The van der Waals surface area contributed by atoms with Gasteiger partial charge in [-0.05, 0) is 50.7 Å². The number of hydrogen-bond donors (Lipinski definition) is 0. The average Bonchev–Trinajstić information content (AvgIpc) is 2.21. The molecule has 1 atom stereocenters. The largest absolute Gasteiger partial charge is 0.0916 e. The van der Waals surface area contributed by atoms with Crippen LogP contribution in [-0.4, -0.2) is 0 Å². The van der Waals surface area contributed by atoms with Crippen molar-refractivity contribution in [2.45, 2.75) is 46.5 Å². The Hall–Kier alpha value is -1.04. The standard InChI is InChI=1S/C15H22/c1-5-7-8-14(6-2)15-10-9-12(3)11-13(15)4/h5,7,9-11,14H,6,8H2,1-4H3/b7-5-. The number of benzene rings is 1. The SMILES string of the molecule is C/C=C\CC(CC)c1ccc(C)cc1C. The zero-order valence-electron chi connectivity index (χ0n) is 10.4. The van der Waals surface area contributed by atoms with Crippen LogP contribution in [0.2, 0.25) is 0 Å². The van der Waals surface area contributed by atoms with E-state index in [1.54, 1.807) is 0 Å². The van der Waals surface area contributed by atoms with Gasteiger partial charge in [-0.3, -0.25) is 0 Å². The molecule has 1 aromatic carbocycles. The van der Waals surface area contributed by atoms with E-state index in [9.17, 15) is 0 Å². The molecule has 0 heterocycles. The Morgan fingerprint density at radius 2 is 2.00 bits per heavy atom. The highest BCUT2D eigenvalue weighted by Crippen LogP contribution is 2.27. The van der Waals surface area contributed by atoms with E-state index in [1.807, 2.05) is 0 Å². The van der Waals surface area contributed by atoms with Gasteiger partial charge in [0, 0.05) is 0 Å². The van der Waals surface area contributed by atoms with Gasteiger partial charge in [-0.15, -0.1) is 0 Å². The molecule has 0 spiro atoms. The average molecular weight is 202 g/mol. The molecule has 0 aliphatic rings. The van der Waals surface area contributed by atoms with Gasteiger partial charge in [0.2, 0.25) is 0 Å². The number of hydrogen-bond acceptors (Lipinski definition) is 0. The maximum atomic E-state index is 2.29. The molecule has 0 aliphatic carbocycles. The zero-order valence-corrected chi connectivity index (χ0v) is 10.4. The van der Waals surface area contributed by atoms with E-state index in [4.69, 9.17) is 0 Å². The van der Waals surface area contributed by atoms with Crippen molar-refractivity contribution in [3.8, 4) is 0 Å². The Bertz CT molecular complexity index is 334. The quantitative estimate of drug-likeness (QED) is 0.617. The molecule has 0 nitrogen and oxygen atoms in total. The summed E-state index contributed by atoms with van der Waals surface area (Å²) in [5.74, 6) is 0.682. The monoisotopic (exact) mass is 202 g/mol. The highest BCUT2D eigenvalue weighted by atomic mass is 14.1. The molecule has 0 radical (unpaired) electrons. The second-order valence-electron chi connectivity index (χ2n) is 4.27. The van der Waals surface area contributed by atoms with Gasteiger partial charge in [0.05, 0.1) is 0 Å². The molecule has 1 unspecified atom stereocenters. The molecule has 1 rings (SSSR count). The van der Waals surface area contributed by atoms with Crippen LogP contribution in [0.1, 0.15) is 49.3 Å². The summed E-state index contributed by atoms with van der Waals surface area (Å²) in [4.78, 5) is 0. The predicted octanol–water partition coefficient (Wildman–Crippen LogP) is 4.76. The van der Waals surface area contributed by atoms with Gasteiger partial charge < -0.3 is 0 Å². The molecule has 0 heteroatoms. The summed E-state index contributed by atoms with van der Waals surface area (Å²) in [6.07, 6.45) is 6.80. The van der Waals surface area contributed by atoms with Crippen LogP contribution in [0.4, 0.5) is 0 Å². The lowest BCUT2D eigenvalue weighted by atomic mass is 9.89. The summed E-state index contributed by atoms with van der Waals surface area (Å²) in [6.45, 7) is 8.74. The number of aryl methyl sites for hydroxylation is 2. The Kier molecular flexibility index (Phi) is 4.61. The molecule has 15 heavy (non-hydrogen) atoms. The predicted molar refractivity (Wildman–Crippen MR) is 68.4 cm³/mol. The first-order valence-corrected chi connectivity index (χ1v) is 5.87. The fraction of sp³-hybridized carbons (Fsp3) is 0.467. The van der Waals surface area contributed by atoms with Crippen molar-refractivity contribution < 1.29 is 0 Å². The van der Waals surface area contributed by atoms with Gasteiger partial charge in [-0.1, -0.05) is 42.8 Å². The summed E-state index contributed by atoms with van der Waals surface area (Å²) in [5, 5.41) is 0. The first-order valence-electron chi connectivity index (χ1n) is 5.87. The molecule has 0 aliphatic heterocycles. The first kappa shape index (κ1) is 12.0. The Morgan fingerprint density at radius 3 is 2.53 bits per heavy atom. The van der Waals surface area contributed by atoms with Gasteiger partial charge in [0.25, 0.3) is 0 Å². The third-order valence-corrected chi connectivity index (χ3v) is 3.01. The summed E-state index contributed by atoms with van der Waals surface area (Å²) in [6, 6.07) is 6.80. The lowest BCUT2D eigenvalue weighted by molar-refractivity contribution is 0.669. The van der Waals surface area contributed by atoms with Gasteiger partial charge >= 0.3 is 0 Å². The molecule has 0 amide bonds. The second-order valence-corrected chi connectivity index (χ2v) is 4.27. The van der Waals surface area contributed by atoms with Crippen LogP contribution in [0, 0.1) is 13.8 Å². The zero-order chi connectivity index (χ0) is 11.3. The Labute approximate surface area is 94.0 Å². The maximum absolute atomic E-state index is 2.29. The molecule has 0 N–H and O–H groups in total. The molecule has 0 saturated carbocycles. The van der Waals surface area contributed by atoms with Crippen LogP contribution in [0.3, 0.4) is 0 Å². The molecule has 0 aromatic heterocycles. The van der Waals surface area contributed by atoms with Crippen LogP contribution >= 0.6 is 0 Å².